The van der Waals surface area contributed by atoms with Gasteiger partial charge in [-0.1, -0.05) is 12.1 Å². The van der Waals surface area contributed by atoms with Crippen LogP contribution < -0.4 is 14.9 Å². The largest absolute Gasteiger partial charge is 0.493 e. The molecule has 3 aromatic carbocycles. The van der Waals surface area contributed by atoms with E-state index in [1.54, 1.807) is 42.5 Å². The summed E-state index contributed by atoms with van der Waals surface area (Å²) >= 11 is 1.22. The molecule has 1 N–H and O–H groups in total. The van der Waals surface area contributed by atoms with Crippen molar-refractivity contribution in [3.63, 3.8) is 0 Å². The molecule has 0 spiro atoms. The number of hydrogen-bond donors (Lipinski definition) is 1. The first-order valence-electron chi connectivity index (χ1n) is 9.99. The number of thiophene rings is 1. The monoisotopic (exact) mass is 479 g/mol. The summed E-state index contributed by atoms with van der Waals surface area (Å²) in [6, 6.07) is 17.3. The molecular weight excluding hydrogens is 461 g/mol. The van der Waals surface area contributed by atoms with E-state index in [2.05, 4.69) is 10.5 Å². The molecule has 0 fully saturated rings. The fourth-order valence-corrected chi connectivity index (χ4v) is 4.08. The summed E-state index contributed by atoms with van der Waals surface area (Å²) in [5.41, 5.74) is 3.76. The molecular formula is C24H18FN3O5S. The van der Waals surface area contributed by atoms with Crippen molar-refractivity contribution in [3.8, 4) is 11.5 Å². The number of hydrogen-bond acceptors (Lipinski definition) is 7. The van der Waals surface area contributed by atoms with Gasteiger partial charge < -0.3 is 9.47 Å². The van der Waals surface area contributed by atoms with Gasteiger partial charge in [0.2, 0.25) is 0 Å². The molecule has 0 aliphatic carbocycles. The minimum Gasteiger partial charge on any atom is -0.493 e. The Morgan fingerprint density at radius 3 is 2.76 bits per heavy atom. The molecule has 4 rings (SSSR count). The Labute approximate surface area is 197 Å². The summed E-state index contributed by atoms with van der Waals surface area (Å²) in [4.78, 5) is 23.2. The Hall–Kier alpha value is -4.31. The highest BCUT2D eigenvalue weighted by Crippen LogP contribution is 2.30. The average Bonchev–Trinajstić information content (AvgIpc) is 3.26. The van der Waals surface area contributed by atoms with Crippen LogP contribution in [0.4, 0.5) is 10.1 Å². The molecule has 172 valence electrons. The van der Waals surface area contributed by atoms with Gasteiger partial charge in [0, 0.05) is 22.2 Å². The van der Waals surface area contributed by atoms with Crippen molar-refractivity contribution in [3.05, 3.63) is 98.7 Å². The fourth-order valence-electron chi connectivity index (χ4n) is 3.15. The summed E-state index contributed by atoms with van der Waals surface area (Å²) in [6.07, 6.45) is 1.45. The van der Waals surface area contributed by atoms with E-state index in [0.717, 1.165) is 4.70 Å². The van der Waals surface area contributed by atoms with Crippen LogP contribution in [0.3, 0.4) is 0 Å². The summed E-state index contributed by atoms with van der Waals surface area (Å²) in [5, 5.41) is 15.5. The zero-order valence-corrected chi connectivity index (χ0v) is 18.7. The number of halogens is 1. The number of nitro groups is 1. The van der Waals surface area contributed by atoms with E-state index >= 15 is 0 Å². The highest BCUT2D eigenvalue weighted by Gasteiger charge is 2.13. The van der Waals surface area contributed by atoms with Crippen LogP contribution in [0.5, 0.6) is 11.5 Å². The quantitative estimate of drug-likeness (QED) is 0.210. The lowest BCUT2D eigenvalue weighted by Gasteiger charge is -2.11. The third kappa shape index (κ3) is 5.36. The number of nitrogens with one attached hydrogen (secondary N) is 1. The number of benzene rings is 3. The lowest BCUT2D eigenvalue weighted by Crippen LogP contribution is -2.16. The number of nitrogens with zero attached hydrogens (tertiary/aromatic N) is 2. The van der Waals surface area contributed by atoms with Crippen LogP contribution in [0.15, 0.2) is 71.8 Å². The van der Waals surface area contributed by atoms with Crippen molar-refractivity contribution < 1.29 is 23.6 Å². The Morgan fingerprint density at radius 1 is 1.15 bits per heavy atom. The van der Waals surface area contributed by atoms with Crippen LogP contribution in [-0.2, 0) is 6.61 Å². The van der Waals surface area contributed by atoms with Gasteiger partial charge in [-0.15, -0.1) is 11.3 Å². The number of nitro benzene ring substituents is 1. The second-order valence-electron chi connectivity index (χ2n) is 7.12. The molecule has 1 amide bonds. The maximum atomic E-state index is 13.3. The van der Waals surface area contributed by atoms with E-state index in [0.29, 0.717) is 32.9 Å². The van der Waals surface area contributed by atoms with Crippen molar-refractivity contribution in [2.75, 3.05) is 7.11 Å². The van der Waals surface area contributed by atoms with Gasteiger partial charge >= 0.3 is 0 Å². The summed E-state index contributed by atoms with van der Waals surface area (Å²) in [7, 11) is 1.50. The van der Waals surface area contributed by atoms with Gasteiger partial charge in [0.1, 0.15) is 12.4 Å². The van der Waals surface area contributed by atoms with E-state index in [1.807, 2.05) is 0 Å². The predicted octanol–water partition coefficient (Wildman–Crippen LogP) is 5.30. The van der Waals surface area contributed by atoms with Crippen LogP contribution in [0.2, 0.25) is 0 Å². The molecule has 8 nitrogen and oxygen atoms in total. The number of carbonyl (C=O) groups is 1. The smallest absolute Gasteiger partial charge is 0.281 e. The molecule has 0 saturated heterocycles. The van der Waals surface area contributed by atoms with Gasteiger partial charge in [-0.3, -0.25) is 14.9 Å². The van der Waals surface area contributed by atoms with Crippen LogP contribution in [0, 0.1) is 15.9 Å². The van der Waals surface area contributed by atoms with Gasteiger partial charge in [0.15, 0.2) is 11.5 Å². The molecule has 1 heterocycles. The third-order valence-corrected chi connectivity index (χ3v) is 5.90. The highest BCUT2D eigenvalue weighted by molar-refractivity contribution is 7.20. The second kappa shape index (κ2) is 10.1. The standard InChI is InChI=1S/C24H18FN3O5S/c1-32-21-10-15(5-7-20(21)33-14-16-3-2-4-18(25)9-16)13-26-27-24(29)23-12-17-11-19(28(30)31)6-8-22(17)34-23/h2-13H,14H2,1H3,(H,27,29). The molecule has 10 heteroatoms. The minimum absolute atomic E-state index is 0.0346. The lowest BCUT2D eigenvalue weighted by molar-refractivity contribution is -0.384. The summed E-state index contributed by atoms with van der Waals surface area (Å²) in [5.74, 6) is 0.172. The maximum Gasteiger partial charge on any atom is 0.281 e. The Morgan fingerprint density at radius 2 is 2.00 bits per heavy atom. The zero-order chi connectivity index (χ0) is 24.1. The Bertz CT molecular complexity index is 1400. The van der Waals surface area contributed by atoms with Gasteiger partial charge in [-0.2, -0.15) is 5.10 Å². The number of carbonyl (C=O) groups excluding carboxylic acids is 1. The topological polar surface area (TPSA) is 103 Å². The van der Waals surface area contributed by atoms with E-state index in [4.69, 9.17) is 9.47 Å². The molecule has 0 bridgehead atoms. The van der Waals surface area contributed by atoms with Gasteiger partial charge in [-0.25, -0.2) is 9.82 Å². The van der Waals surface area contributed by atoms with Crippen molar-refractivity contribution in [2.45, 2.75) is 6.61 Å². The molecule has 1 aromatic heterocycles. The molecule has 0 aliphatic heterocycles. The number of hydrazone groups is 1. The first-order valence-corrected chi connectivity index (χ1v) is 10.8. The molecule has 34 heavy (non-hydrogen) atoms. The van der Waals surface area contributed by atoms with Gasteiger partial charge in [0.05, 0.1) is 23.1 Å². The van der Waals surface area contributed by atoms with Gasteiger partial charge in [-0.05, 0) is 53.6 Å². The first-order chi connectivity index (χ1) is 16.4. The minimum atomic E-state index is -0.479. The van der Waals surface area contributed by atoms with Crippen LogP contribution in [-0.4, -0.2) is 24.2 Å². The molecule has 0 unspecified atom stereocenters. The molecule has 0 atom stereocenters. The van der Waals surface area contributed by atoms with Crippen LogP contribution >= 0.6 is 11.3 Å². The number of methoxy groups -OCH3 is 1. The molecule has 0 radical (unpaired) electrons. The molecule has 0 aliphatic rings. The second-order valence-corrected chi connectivity index (χ2v) is 8.20. The van der Waals surface area contributed by atoms with Crippen molar-refractivity contribution in [1.29, 1.82) is 0 Å². The van der Waals surface area contributed by atoms with Crippen molar-refractivity contribution >= 4 is 39.2 Å². The summed E-state index contributed by atoms with van der Waals surface area (Å²) < 4.78 is 25.2. The number of non-ortho nitro benzene ring substituents is 1. The number of amides is 1. The maximum absolute atomic E-state index is 13.3. The van der Waals surface area contributed by atoms with Crippen LogP contribution in [0.25, 0.3) is 10.1 Å². The molecule has 0 saturated carbocycles. The lowest BCUT2D eigenvalue weighted by atomic mass is 10.2. The highest BCUT2D eigenvalue weighted by atomic mass is 32.1. The first kappa shape index (κ1) is 22.9. The number of ether oxygens (including phenoxy) is 2. The third-order valence-electron chi connectivity index (χ3n) is 4.79. The van der Waals surface area contributed by atoms with E-state index in [-0.39, 0.29) is 18.1 Å². The molecule has 4 aromatic rings. The number of rotatable bonds is 8. The predicted molar refractivity (Wildman–Crippen MR) is 127 cm³/mol. The van der Waals surface area contributed by atoms with Crippen molar-refractivity contribution in [1.82, 2.24) is 5.43 Å². The van der Waals surface area contributed by atoms with E-state index in [9.17, 15) is 19.3 Å². The van der Waals surface area contributed by atoms with Crippen LogP contribution in [0.1, 0.15) is 20.8 Å². The fraction of sp³-hybridized carbons (Fsp3) is 0.0833. The summed E-state index contributed by atoms with van der Waals surface area (Å²) in [6.45, 7) is 0.177. The SMILES string of the molecule is COc1cc(C=NNC(=O)c2cc3cc([N+](=O)[O-])ccc3s2)ccc1OCc1cccc(F)c1. The average molecular weight is 479 g/mol. The normalized spacial score (nSPS) is 11.0. The Kier molecular flexibility index (Phi) is 6.79. The van der Waals surface area contributed by atoms with Gasteiger partial charge in [0.25, 0.3) is 11.6 Å². The van der Waals surface area contributed by atoms with E-state index in [1.165, 1.54) is 48.9 Å². The van der Waals surface area contributed by atoms with E-state index < -0.39 is 10.8 Å². The zero-order valence-electron chi connectivity index (χ0n) is 17.9. The van der Waals surface area contributed by atoms with Crippen molar-refractivity contribution in [2.24, 2.45) is 5.10 Å². The number of fused-ring (bicyclic) bond motifs is 1. The Balaban J connectivity index is 1.40.